The van der Waals surface area contributed by atoms with Crippen LogP contribution in [-0.2, 0) is 11.2 Å². The third-order valence-corrected chi connectivity index (χ3v) is 5.96. The maximum absolute atomic E-state index is 11.4. The molecule has 4 rings (SSSR count). The van der Waals surface area contributed by atoms with Gasteiger partial charge in [-0.2, -0.15) is 0 Å². The number of hydrogen-bond acceptors (Lipinski definition) is 3. The van der Waals surface area contributed by atoms with Gasteiger partial charge in [0.15, 0.2) is 4.96 Å². The first kappa shape index (κ1) is 17.5. The van der Waals surface area contributed by atoms with Crippen molar-refractivity contribution in [1.29, 1.82) is 0 Å². The van der Waals surface area contributed by atoms with Gasteiger partial charge in [0.25, 0.3) is 0 Å². The number of carbonyl (C=O) groups is 1. The van der Waals surface area contributed by atoms with Crippen LogP contribution in [0.4, 0.5) is 0 Å². The van der Waals surface area contributed by atoms with E-state index < -0.39 is 5.97 Å². The number of fused-ring (bicyclic) bond motifs is 1. The smallest absolute Gasteiger partial charge is 0.308 e. The molecule has 2 aromatic heterocycles. The van der Waals surface area contributed by atoms with E-state index in [0.717, 1.165) is 38.0 Å². The number of thiazole rings is 1. The van der Waals surface area contributed by atoms with E-state index >= 15 is 0 Å². The summed E-state index contributed by atoms with van der Waals surface area (Å²) in [6.45, 7) is 6.25. The zero-order valence-electron chi connectivity index (χ0n) is 15.5. The van der Waals surface area contributed by atoms with Crippen LogP contribution in [0.1, 0.15) is 21.7 Å². The minimum absolute atomic E-state index is 0.00331. The zero-order valence-corrected chi connectivity index (χ0v) is 16.3. The van der Waals surface area contributed by atoms with E-state index in [-0.39, 0.29) is 6.42 Å². The summed E-state index contributed by atoms with van der Waals surface area (Å²) in [5, 5.41) is 9.34. The third-order valence-electron chi connectivity index (χ3n) is 4.92. The number of aryl methyl sites for hydroxylation is 3. The Morgan fingerprint density at radius 2 is 1.78 bits per heavy atom. The summed E-state index contributed by atoms with van der Waals surface area (Å²) in [4.78, 5) is 17.9. The second kappa shape index (κ2) is 6.67. The molecule has 0 amide bonds. The molecule has 0 aliphatic rings. The number of nitrogens with zero attached hydrogens (tertiary/aromatic N) is 2. The number of benzene rings is 2. The fraction of sp³-hybridized carbons (Fsp3) is 0.182. The summed E-state index contributed by atoms with van der Waals surface area (Å²) < 4.78 is 2.10. The predicted molar refractivity (Wildman–Crippen MR) is 109 cm³/mol. The normalized spacial score (nSPS) is 11.2. The first-order valence-corrected chi connectivity index (χ1v) is 9.63. The number of aliphatic carboxylic acids is 1. The monoisotopic (exact) mass is 376 g/mol. The summed E-state index contributed by atoms with van der Waals surface area (Å²) in [6, 6.07) is 16.3. The van der Waals surface area contributed by atoms with Crippen molar-refractivity contribution in [3.8, 4) is 22.5 Å². The van der Waals surface area contributed by atoms with Crippen LogP contribution in [-0.4, -0.2) is 20.5 Å². The molecule has 4 nitrogen and oxygen atoms in total. The predicted octanol–water partition coefficient (Wildman–Crippen LogP) is 5.28. The Balaban J connectivity index is 1.97. The van der Waals surface area contributed by atoms with Crippen molar-refractivity contribution < 1.29 is 9.90 Å². The lowest BCUT2D eigenvalue weighted by Crippen LogP contribution is -2.01. The molecule has 0 spiro atoms. The van der Waals surface area contributed by atoms with Crippen LogP contribution in [0.25, 0.3) is 27.5 Å². The Labute approximate surface area is 161 Å². The topological polar surface area (TPSA) is 54.6 Å². The number of hydrogen-bond donors (Lipinski definition) is 1. The molecule has 0 saturated carbocycles. The molecule has 0 atom stereocenters. The van der Waals surface area contributed by atoms with Crippen molar-refractivity contribution in [2.75, 3.05) is 0 Å². The minimum atomic E-state index is -0.830. The quantitative estimate of drug-likeness (QED) is 0.527. The Morgan fingerprint density at radius 3 is 2.44 bits per heavy atom. The van der Waals surface area contributed by atoms with Crippen molar-refractivity contribution in [2.45, 2.75) is 27.2 Å². The van der Waals surface area contributed by atoms with Gasteiger partial charge in [-0.15, -0.1) is 11.3 Å². The molecule has 136 valence electrons. The van der Waals surface area contributed by atoms with E-state index in [0.29, 0.717) is 0 Å². The largest absolute Gasteiger partial charge is 0.481 e. The summed E-state index contributed by atoms with van der Waals surface area (Å²) in [7, 11) is 0. The first-order valence-electron chi connectivity index (χ1n) is 8.81. The van der Waals surface area contributed by atoms with Gasteiger partial charge >= 0.3 is 5.97 Å². The van der Waals surface area contributed by atoms with Crippen molar-refractivity contribution in [2.24, 2.45) is 0 Å². The number of carboxylic acids is 1. The maximum Gasteiger partial charge on any atom is 0.308 e. The molecule has 2 heterocycles. The lowest BCUT2D eigenvalue weighted by Gasteiger charge is -2.07. The molecule has 5 heteroatoms. The van der Waals surface area contributed by atoms with Crippen LogP contribution in [0.3, 0.4) is 0 Å². The molecule has 27 heavy (non-hydrogen) atoms. The van der Waals surface area contributed by atoms with Gasteiger partial charge in [0, 0.05) is 16.1 Å². The van der Waals surface area contributed by atoms with Crippen LogP contribution in [0.15, 0.2) is 48.5 Å². The highest BCUT2D eigenvalue weighted by atomic mass is 32.1. The highest BCUT2D eigenvalue weighted by Crippen LogP contribution is 2.37. The summed E-state index contributed by atoms with van der Waals surface area (Å²) in [6.07, 6.45) is -0.00331. The molecule has 0 unspecified atom stereocenters. The van der Waals surface area contributed by atoms with E-state index in [2.05, 4.69) is 36.4 Å². The van der Waals surface area contributed by atoms with Crippen LogP contribution in [0.2, 0.25) is 0 Å². The summed E-state index contributed by atoms with van der Waals surface area (Å²) >= 11 is 1.46. The zero-order chi connectivity index (χ0) is 19.1. The Bertz CT molecular complexity index is 1160. The molecule has 0 aliphatic heterocycles. The average molecular weight is 376 g/mol. The van der Waals surface area contributed by atoms with Crippen molar-refractivity contribution in [1.82, 2.24) is 9.38 Å². The average Bonchev–Trinajstić information content (AvgIpc) is 3.14. The second-order valence-corrected chi connectivity index (χ2v) is 7.84. The van der Waals surface area contributed by atoms with Gasteiger partial charge in [0.05, 0.1) is 17.8 Å². The van der Waals surface area contributed by atoms with E-state index in [1.54, 1.807) is 0 Å². The number of carboxylic acid groups (broad SMARTS) is 1. The molecule has 0 saturated heterocycles. The number of imidazole rings is 1. The molecule has 0 fully saturated rings. The van der Waals surface area contributed by atoms with Crippen LogP contribution >= 0.6 is 11.3 Å². The molecule has 4 aromatic rings. The molecule has 2 aromatic carbocycles. The Kier molecular flexibility index (Phi) is 4.32. The lowest BCUT2D eigenvalue weighted by molar-refractivity contribution is -0.136. The Morgan fingerprint density at radius 1 is 1.04 bits per heavy atom. The molecular weight excluding hydrogens is 356 g/mol. The van der Waals surface area contributed by atoms with E-state index in [9.17, 15) is 9.90 Å². The van der Waals surface area contributed by atoms with Crippen LogP contribution < -0.4 is 0 Å². The van der Waals surface area contributed by atoms with Gasteiger partial charge in [-0.05, 0) is 43.5 Å². The highest BCUT2D eigenvalue weighted by molar-refractivity contribution is 7.17. The number of aromatic nitrogens is 2. The van der Waals surface area contributed by atoms with Crippen LogP contribution in [0.5, 0.6) is 0 Å². The van der Waals surface area contributed by atoms with Gasteiger partial charge in [-0.3, -0.25) is 9.20 Å². The molecule has 0 radical (unpaired) electrons. The van der Waals surface area contributed by atoms with Gasteiger partial charge in [0.2, 0.25) is 0 Å². The summed E-state index contributed by atoms with van der Waals surface area (Å²) in [5.74, 6) is -0.830. The lowest BCUT2D eigenvalue weighted by atomic mass is 10.0. The number of rotatable bonds is 4. The second-order valence-electron chi connectivity index (χ2n) is 6.77. The first-order chi connectivity index (χ1) is 13.0. The highest BCUT2D eigenvalue weighted by Gasteiger charge is 2.21. The fourth-order valence-corrected chi connectivity index (χ4v) is 4.57. The minimum Gasteiger partial charge on any atom is -0.481 e. The molecule has 1 N–H and O–H groups in total. The molecule has 0 bridgehead atoms. The Hall–Kier alpha value is -2.92. The van der Waals surface area contributed by atoms with E-state index in [4.69, 9.17) is 4.98 Å². The summed E-state index contributed by atoms with van der Waals surface area (Å²) in [5.41, 5.74) is 7.49. The third kappa shape index (κ3) is 3.04. The molecular formula is C22H20N2O2S. The SMILES string of the molecule is Cc1ccc(-c2nc3sc(CC(=O)O)c(-c4ccccc4)n3c2C)cc1C. The van der Waals surface area contributed by atoms with Gasteiger partial charge in [0.1, 0.15) is 0 Å². The van der Waals surface area contributed by atoms with Crippen molar-refractivity contribution in [3.05, 3.63) is 70.2 Å². The van der Waals surface area contributed by atoms with Gasteiger partial charge < -0.3 is 5.11 Å². The fourth-order valence-electron chi connectivity index (χ4n) is 3.40. The van der Waals surface area contributed by atoms with E-state index in [1.165, 1.54) is 22.5 Å². The van der Waals surface area contributed by atoms with Crippen molar-refractivity contribution in [3.63, 3.8) is 0 Å². The molecule has 0 aliphatic carbocycles. The van der Waals surface area contributed by atoms with Crippen molar-refractivity contribution >= 4 is 22.3 Å². The van der Waals surface area contributed by atoms with Gasteiger partial charge in [-0.1, -0.05) is 42.5 Å². The maximum atomic E-state index is 11.4. The van der Waals surface area contributed by atoms with Crippen LogP contribution in [0, 0.1) is 20.8 Å². The van der Waals surface area contributed by atoms with Gasteiger partial charge in [-0.25, -0.2) is 4.98 Å². The van der Waals surface area contributed by atoms with E-state index in [1.807, 2.05) is 37.3 Å². The standard InChI is InChI=1S/C22H20N2O2S/c1-13-9-10-17(11-14(13)2)20-15(3)24-21(16-7-5-4-6-8-16)18(12-19(25)26)27-22(24)23-20/h4-11H,12H2,1-3H3,(H,25,26).